The smallest absolute Gasteiger partial charge is 0.325 e. The van der Waals surface area contributed by atoms with Gasteiger partial charge < -0.3 is 15.4 Å². The van der Waals surface area contributed by atoms with Gasteiger partial charge in [0.1, 0.15) is 6.04 Å². The van der Waals surface area contributed by atoms with Crippen molar-refractivity contribution in [2.24, 2.45) is 5.73 Å². The Balaban J connectivity index is 2.87. The first kappa shape index (κ1) is 12.6. The van der Waals surface area contributed by atoms with Gasteiger partial charge in [0.25, 0.3) is 0 Å². The number of rotatable bonds is 3. The van der Waals surface area contributed by atoms with Crippen molar-refractivity contribution < 1.29 is 9.90 Å². The highest BCUT2D eigenvalue weighted by Crippen LogP contribution is 2.32. The number of hydrogen-bond donors (Lipinski definition) is 2. The maximum absolute atomic E-state index is 11.2. The fourth-order valence-corrected chi connectivity index (χ4v) is 2.65. The van der Waals surface area contributed by atoms with Gasteiger partial charge in [0.2, 0.25) is 0 Å². The number of carboxylic acid groups (broad SMARTS) is 1. The summed E-state index contributed by atoms with van der Waals surface area (Å²) in [4.78, 5) is 11.2. The number of aryl methyl sites for hydroxylation is 2. The van der Waals surface area contributed by atoms with E-state index in [4.69, 9.17) is 10.8 Å². The van der Waals surface area contributed by atoms with Gasteiger partial charge in [-0.15, -0.1) is 0 Å². The summed E-state index contributed by atoms with van der Waals surface area (Å²) < 4.78 is 2.11. The minimum atomic E-state index is -0.989. The van der Waals surface area contributed by atoms with Crippen molar-refractivity contribution in [2.45, 2.75) is 33.4 Å². The van der Waals surface area contributed by atoms with E-state index in [-0.39, 0.29) is 0 Å². The second kappa shape index (κ2) is 4.46. The normalized spacial score (nSPS) is 12.9. The van der Waals surface area contributed by atoms with Crippen molar-refractivity contribution in [3.8, 4) is 0 Å². The van der Waals surface area contributed by atoms with E-state index in [1.165, 1.54) is 0 Å². The molecule has 0 amide bonds. The number of aromatic nitrogens is 1. The van der Waals surface area contributed by atoms with Crippen LogP contribution < -0.4 is 5.73 Å². The van der Waals surface area contributed by atoms with Crippen molar-refractivity contribution in [3.05, 3.63) is 35.0 Å². The average Bonchev–Trinajstić information content (AvgIpc) is 2.61. The third-order valence-corrected chi connectivity index (χ3v) is 3.50. The molecule has 4 heteroatoms. The highest BCUT2D eigenvalue weighted by molar-refractivity contribution is 5.93. The topological polar surface area (TPSA) is 68.2 Å². The Hall–Kier alpha value is -1.81. The van der Waals surface area contributed by atoms with Gasteiger partial charge >= 0.3 is 5.97 Å². The van der Waals surface area contributed by atoms with Crippen molar-refractivity contribution >= 4 is 16.9 Å². The predicted octanol–water partition coefficient (Wildman–Crippen LogP) is 2.36. The van der Waals surface area contributed by atoms with Crippen LogP contribution in [0.4, 0.5) is 0 Å². The standard InChI is InChI=1S/C14H18N2O2/c1-4-16-9(3)12(13(15)14(17)18)11-8(2)6-5-7-10(11)16/h5-7,13H,4,15H2,1-3H3,(H,17,18). The number of carboxylic acids is 1. The van der Waals surface area contributed by atoms with Gasteiger partial charge in [0, 0.05) is 28.7 Å². The molecule has 0 aliphatic rings. The zero-order valence-corrected chi connectivity index (χ0v) is 10.9. The molecular weight excluding hydrogens is 228 g/mol. The molecule has 0 radical (unpaired) electrons. The molecule has 1 unspecified atom stereocenters. The van der Waals surface area contributed by atoms with E-state index in [9.17, 15) is 4.79 Å². The molecule has 4 nitrogen and oxygen atoms in total. The van der Waals surface area contributed by atoms with Crippen LogP contribution in [0.1, 0.15) is 29.8 Å². The zero-order chi connectivity index (χ0) is 13.4. The quantitative estimate of drug-likeness (QED) is 0.873. The zero-order valence-electron chi connectivity index (χ0n) is 10.9. The number of aliphatic carboxylic acids is 1. The first-order chi connectivity index (χ1) is 8.49. The molecule has 3 N–H and O–H groups in total. The highest BCUT2D eigenvalue weighted by Gasteiger charge is 2.24. The molecule has 1 aromatic heterocycles. The van der Waals surface area contributed by atoms with Crippen molar-refractivity contribution in [1.82, 2.24) is 4.57 Å². The Bertz CT molecular complexity index is 614. The second-order valence-electron chi connectivity index (χ2n) is 4.53. The lowest BCUT2D eigenvalue weighted by Gasteiger charge is -2.09. The van der Waals surface area contributed by atoms with Crippen molar-refractivity contribution in [1.29, 1.82) is 0 Å². The van der Waals surface area contributed by atoms with Crippen LogP contribution in [0.2, 0.25) is 0 Å². The van der Waals surface area contributed by atoms with Gasteiger partial charge in [-0.3, -0.25) is 4.79 Å². The van der Waals surface area contributed by atoms with E-state index >= 15 is 0 Å². The molecule has 0 saturated heterocycles. The van der Waals surface area contributed by atoms with Gasteiger partial charge in [0.15, 0.2) is 0 Å². The molecule has 0 bridgehead atoms. The SMILES string of the molecule is CCn1c(C)c(C(N)C(=O)O)c2c(C)cccc21. The number of fused-ring (bicyclic) bond motifs is 1. The van der Waals surface area contributed by atoms with E-state index in [1.54, 1.807) is 0 Å². The lowest BCUT2D eigenvalue weighted by molar-refractivity contribution is -0.138. The number of hydrogen-bond acceptors (Lipinski definition) is 2. The van der Waals surface area contributed by atoms with Crippen LogP contribution in [0.15, 0.2) is 18.2 Å². The second-order valence-corrected chi connectivity index (χ2v) is 4.53. The first-order valence-electron chi connectivity index (χ1n) is 6.05. The molecule has 18 heavy (non-hydrogen) atoms. The molecule has 0 fully saturated rings. The summed E-state index contributed by atoms with van der Waals surface area (Å²) in [6, 6.07) is 5.01. The maximum atomic E-state index is 11.2. The lowest BCUT2D eigenvalue weighted by Crippen LogP contribution is -2.21. The average molecular weight is 246 g/mol. The largest absolute Gasteiger partial charge is 0.480 e. The minimum absolute atomic E-state index is 0.734. The van der Waals surface area contributed by atoms with Crippen LogP contribution in [-0.4, -0.2) is 15.6 Å². The van der Waals surface area contributed by atoms with Crippen molar-refractivity contribution in [2.75, 3.05) is 0 Å². The molecule has 1 heterocycles. The molecule has 0 spiro atoms. The summed E-state index contributed by atoms with van der Waals surface area (Å²) in [5.74, 6) is -0.989. The van der Waals surface area contributed by atoms with E-state index < -0.39 is 12.0 Å². The lowest BCUT2D eigenvalue weighted by atomic mass is 10.0. The van der Waals surface area contributed by atoms with Gasteiger partial charge in [-0.1, -0.05) is 12.1 Å². The molecule has 1 atom stereocenters. The van der Waals surface area contributed by atoms with Crippen LogP contribution in [0, 0.1) is 13.8 Å². The van der Waals surface area contributed by atoms with E-state index in [0.29, 0.717) is 0 Å². The molecule has 0 aliphatic carbocycles. The molecule has 1 aromatic carbocycles. The summed E-state index contributed by atoms with van der Waals surface area (Å²) in [6.45, 7) is 6.77. The minimum Gasteiger partial charge on any atom is -0.480 e. The molecule has 96 valence electrons. The third kappa shape index (κ3) is 1.69. The Morgan fingerprint density at radius 1 is 1.44 bits per heavy atom. The third-order valence-electron chi connectivity index (χ3n) is 3.50. The number of nitrogens with two attached hydrogens (primary N) is 1. The Labute approximate surface area is 106 Å². The van der Waals surface area contributed by atoms with Gasteiger partial charge in [-0.05, 0) is 32.4 Å². The molecule has 0 saturated carbocycles. The van der Waals surface area contributed by atoms with Crippen LogP contribution in [0.5, 0.6) is 0 Å². The van der Waals surface area contributed by atoms with Gasteiger partial charge in [-0.25, -0.2) is 0 Å². The van der Waals surface area contributed by atoms with Crippen LogP contribution in [0.3, 0.4) is 0 Å². The van der Waals surface area contributed by atoms with Crippen LogP contribution in [-0.2, 0) is 11.3 Å². The van der Waals surface area contributed by atoms with E-state index in [2.05, 4.69) is 4.57 Å². The highest BCUT2D eigenvalue weighted by atomic mass is 16.4. The summed E-state index contributed by atoms with van der Waals surface area (Å²) >= 11 is 0. The summed E-state index contributed by atoms with van der Waals surface area (Å²) in [5.41, 5.74) is 9.63. The Morgan fingerprint density at radius 3 is 2.67 bits per heavy atom. The van der Waals surface area contributed by atoms with Crippen LogP contribution >= 0.6 is 0 Å². The number of carbonyl (C=O) groups is 1. The summed E-state index contributed by atoms with van der Waals surface area (Å²) in [5, 5.41) is 10.1. The Kier molecular flexibility index (Phi) is 3.13. The monoisotopic (exact) mass is 246 g/mol. The molecule has 2 rings (SSSR count). The number of benzene rings is 1. The maximum Gasteiger partial charge on any atom is 0.325 e. The predicted molar refractivity (Wildman–Crippen MR) is 71.7 cm³/mol. The number of nitrogens with zero attached hydrogens (tertiary/aromatic N) is 1. The summed E-state index contributed by atoms with van der Waals surface area (Å²) in [6.07, 6.45) is 0. The van der Waals surface area contributed by atoms with E-state index in [1.807, 2.05) is 39.0 Å². The first-order valence-corrected chi connectivity index (χ1v) is 6.05. The molecular formula is C14H18N2O2. The van der Waals surface area contributed by atoms with E-state index in [0.717, 1.165) is 34.3 Å². The van der Waals surface area contributed by atoms with Gasteiger partial charge in [-0.2, -0.15) is 0 Å². The van der Waals surface area contributed by atoms with Crippen LogP contribution in [0.25, 0.3) is 10.9 Å². The molecule has 0 aliphatic heterocycles. The summed E-state index contributed by atoms with van der Waals surface area (Å²) in [7, 11) is 0. The van der Waals surface area contributed by atoms with Crippen molar-refractivity contribution in [3.63, 3.8) is 0 Å². The van der Waals surface area contributed by atoms with Gasteiger partial charge in [0.05, 0.1) is 0 Å². The molecule has 2 aromatic rings. The Morgan fingerprint density at radius 2 is 2.11 bits per heavy atom. The fourth-order valence-electron chi connectivity index (χ4n) is 2.65. The fraction of sp³-hybridized carbons (Fsp3) is 0.357.